The van der Waals surface area contributed by atoms with Crippen molar-refractivity contribution in [2.75, 3.05) is 56.1 Å². The third-order valence-electron chi connectivity index (χ3n) is 6.50. The molecule has 2 aromatic carbocycles. The minimum Gasteiger partial charge on any atom is -0.478 e. The van der Waals surface area contributed by atoms with Crippen LogP contribution in [0.5, 0.6) is 5.88 Å². The normalized spacial score (nSPS) is 16.7. The second-order valence-corrected chi connectivity index (χ2v) is 8.59. The fourth-order valence-corrected chi connectivity index (χ4v) is 4.72. The van der Waals surface area contributed by atoms with Gasteiger partial charge in [-0.3, -0.25) is 4.90 Å². The standard InChI is InChI=1S/C26H32N4O/c1-2-10-23-21(7-1)8-5-11-25(23)30-16-14-29(15-17-30)13-3-4-18-31-26-19-24-22(20-28-26)9-6-12-27-24/h1-2,5,7-8,10-11,19-20,27H,3-4,6,9,12-18H2. The van der Waals surface area contributed by atoms with Gasteiger partial charge in [-0.2, -0.15) is 0 Å². The molecule has 1 aromatic heterocycles. The van der Waals surface area contributed by atoms with E-state index < -0.39 is 0 Å². The molecule has 0 spiro atoms. The van der Waals surface area contributed by atoms with Crippen LogP contribution >= 0.6 is 0 Å². The molecule has 3 aromatic rings. The first kappa shape index (κ1) is 20.1. The maximum Gasteiger partial charge on any atom is 0.215 e. The van der Waals surface area contributed by atoms with Crippen LogP contribution < -0.4 is 15.0 Å². The number of hydrogen-bond acceptors (Lipinski definition) is 5. The van der Waals surface area contributed by atoms with Crippen LogP contribution in [-0.2, 0) is 6.42 Å². The van der Waals surface area contributed by atoms with Gasteiger partial charge in [-0.1, -0.05) is 36.4 Å². The Kier molecular flexibility index (Phi) is 6.21. The third kappa shape index (κ3) is 4.77. The molecule has 31 heavy (non-hydrogen) atoms. The van der Waals surface area contributed by atoms with Crippen LogP contribution in [0, 0.1) is 0 Å². The van der Waals surface area contributed by atoms with Crippen molar-refractivity contribution in [2.45, 2.75) is 25.7 Å². The van der Waals surface area contributed by atoms with E-state index in [-0.39, 0.29) is 0 Å². The summed E-state index contributed by atoms with van der Waals surface area (Å²) in [6.45, 7) is 7.37. The summed E-state index contributed by atoms with van der Waals surface area (Å²) in [7, 11) is 0. The molecule has 0 atom stereocenters. The summed E-state index contributed by atoms with van der Waals surface area (Å²) < 4.78 is 5.90. The van der Waals surface area contributed by atoms with Crippen molar-refractivity contribution in [3.05, 3.63) is 60.3 Å². The molecule has 0 saturated carbocycles. The molecule has 0 unspecified atom stereocenters. The molecule has 0 aliphatic carbocycles. The van der Waals surface area contributed by atoms with Crippen molar-refractivity contribution in [2.24, 2.45) is 0 Å². The van der Waals surface area contributed by atoms with Crippen molar-refractivity contribution in [1.82, 2.24) is 9.88 Å². The van der Waals surface area contributed by atoms with Gasteiger partial charge in [0.2, 0.25) is 5.88 Å². The number of ether oxygens (including phenoxy) is 1. The molecule has 0 bridgehead atoms. The van der Waals surface area contributed by atoms with Gasteiger partial charge in [-0.15, -0.1) is 0 Å². The molecule has 1 N–H and O–H groups in total. The Morgan fingerprint density at radius 1 is 0.968 bits per heavy atom. The summed E-state index contributed by atoms with van der Waals surface area (Å²) in [6, 6.07) is 17.4. The van der Waals surface area contributed by atoms with Crippen LogP contribution in [0.25, 0.3) is 10.8 Å². The number of piperazine rings is 1. The van der Waals surface area contributed by atoms with Gasteiger partial charge in [0.05, 0.1) is 6.61 Å². The second-order valence-electron chi connectivity index (χ2n) is 8.59. The minimum absolute atomic E-state index is 0.738. The molecule has 1 fully saturated rings. The Labute approximate surface area is 185 Å². The lowest BCUT2D eigenvalue weighted by Gasteiger charge is -2.36. The maximum absolute atomic E-state index is 5.90. The Bertz CT molecular complexity index is 1010. The molecular formula is C26H32N4O. The zero-order chi connectivity index (χ0) is 20.9. The van der Waals surface area contributed by atoms with Crippen LogP contribution in [0.4, 0.5) is 11.4 Å². The zero-order valence-corrected chi connectivity index (χ0v) is 18.2. The number of nitrogens with one attached hydrogen (secondary N) is 1. The summed E-state index contributed by atoms with van der Waals surface area (Å²) >= 11 is 0. The Morgan fingerprint density at radius 2 is 1.84 bits per heavy atom. The fraction of sp³-hybridized carbons (Fsp3) is 0.423. The number of anilines is 2. The van der Waals surface area contributed by atoms with Crippen LogP contribution in [0.3, 0.4) is 0 Å². The van der Waals surface area contributed by atoms with Crippen molar-refractivity contribution < 1.29 is 4.74 Å². The van der Waals surface area contributed by atoms with Crippen molar-refractivity contribution >= 4 is 22.1 Å². The Hall–Kier alpha value is -2.79. The molecule has 2 aliphatic rings. The average Bonchev–Trinajstić information content (AvgIpc) is 2.84. The van der Waals surface area contributed by atoms with Crippen molar-refractivity contribution in [3.63, 3.8) is 0 Å². The van der Waals surface area contributed by atoms with Crippen molar-refractivity contribution in [3.8, 4) is 5.88 Å². The summed E-state index contributed by atoms with van der Waals surface area (Å²) in [4.78, 5) is 9.59. The van der Waals surface area contributed by atoms with Gasteiger partial charge in [-0.05, 0) is 49.2 Å². The molecule has 0 amide bonds. The van der Waals surface area contributed by atoms with E-state index in [0.29, 0.717) is 0 Å². The molecule has 5 nitrogen and oxygen atoms in total. The number of aromatic nitrogens is 1. The van der Waals surface area contributed by atoms with Crippen LogP contribution in [0.1, 0.15) is 24.8 Å². The van der Waals surface area contributed by atoms with Crippen LogP contribution in [-0.4, -0.2) is 55.8 Å². The fourth-order valence-electron chi connectivity index (χ4n) is 4.72. The van der Waals surface area contributed by atoms with E-state index in [9.17, 15) is 0 Å². The van der Waals surface area contributed by atoms with Gasteiger partial charge in [0.25, 0.3) is 0 Å². The van der Waals surface area contributed by atoms with E-state index in [1.165, 1.54) is 34.1 Å². The molecule has 1 saturated heterocycles. The zero-order valence-electron chi connectivity index (χ0n) is 18.2. The molecule has 2 aliphatic heterocycles. The smallest absolute Gasteiger partial charge is 0.215 e. The number of unbranched alkanes of at least 4 members (excludes halogenated alkanes) is 1. The average molecular weight is 417 g/mol. The highest BCUT2D eigenvalue weighted by atomic mass is 16.5. The van der Waals surface area contributed by atoms with E-state index in [0.717, 1.165) is 71.0 Å². The predicted octanol–water partition coefficient (Wildman–Crippen LogP) is 4.57. The lowest BCUT2D eigenvalue weighted by atomic mass is 10.1. The van der Waals surface area contributed by atoms with Gasteiger partial charge in [0.1, 0.15) is 0 Å². The SMILES string of the molecule is c1ccc2c(N3CCN(CCCCOc4cc5c(cn4)CCCN5)CC3)cccc2c1. The number of aryl methyl sites for hydroxylation is 1. The van der Waals surface area contributed by atoms with Crippen molar-refractivity contribution in [1.29, 1.82) is 0 Å². The number of nitrogens with zero attached hydrogens (tertiary/aromatic N) is 3. The molecule has 0 radical (unpaired) electrons. The number of fused-ring (bicyclic) bond motifs is 2. The molecular weight excluding hydrogens is 384 g/mol. The quantitative estimate of drug-likeness (QED) is 0.571. The Morgan fingerprint density at radius 3 is 2.77 bits per heavy atom. The van der Waals surface area contributed by atoms with Gasteiger partial charge in [0.15, 0.2) is 0 Å². The predicted molar refractivity (Wildman–Crippen MR) is 128 cm³/mol. The number of benzene rings is 2. The molecule has 162 valence electrons. The topological polar surface area (TPSA) is 40.6 Å². The minimum atomic E-state index is 0.738. The molecule has 3 heterocycles. The molecule has 5 rings (SSSR count). The highest BCUT2D eigenvalue weighted by molar-refractivity contribution is 5.94. The number of pyridine rings is 1. The summed E-state index contributed by atoms with van der Waals surface area (Å²) in [5.41, 5.74) is 3.87. The van der Waals surface area contributed by atoms with Crippen LogP contribution in [0.15, 0.2) is 54.7 Å². The summed E-state index contributed by atoms with van der Waals surface area (Å²) in [5.74, 6) is 0.747. The first-order valence-corrected chi connectivity index (χ1v) is 11.7. The summed E-state index contributed by atoms with van der Waals surface area (Å²) in [6.07, 6.45) is 6.49. The van der Waals surface area contributed by atoms with E-state index >= 15 is 0 Å². The molecule has 5 heteroatoms. The Balaban J connectivity index is 1.04. The van der Waals surface area contributed by atoms with Gasteiger partial charge in [0, 0.05) is 61.7 Å². The first-order valence-electron chi connectivity index (χ1n) is 11.7. The number of rotatable bonds is 7. The first-order chi connectivity index (χ1) is 15.4. The number of hydrogen-bond donors (Lipinski definition) is 1. The maximum atomic E-state index is 5.90. The third-order valence-corrected chi connectivity index (χ3v) is 6.50. The van der Waals surface area contributed by atoms with Gasteiger partial charge in [-0.25, -0.2) is 4.98 Å². The lowest BCUT2D eigenvalue weighted by molar-refractivity contribution is 0.236. The summed E-state index contributed by atoms with van der Waals surface area (Å²) in [5, 5.41) is 6.13. The second kappa shape index (κ2) is 9.56. The van der Waals surface area contributed by atoms with Gasteiger partial charge < -0.3 is 15.0 Å². The van der Waals surface area contributed by atoms with Crippen LogP contribution in [0.2, 0.25) is 0 Å². The van der Waals surface area contributed by atoms with E-state index in [2.05, 4.69) is 68.6 Å². The lowest BCUT2D eigenvalue weighted by Crippen LogP contribution is -2.46. The van der Waals surface area contributed by atoms with E-state index in [4.69, 9.17) is 4.74 Å². The van der Waals surface area contributed by atoms with E-state index in [1.54, 1.807) is 0 Å². The monoisotopic (exact) mass is 416 g/mol. The highest BCUT2D eigenvalue weighted by Crippen LogP contribution is 2.27. The largest absolute Gasteiger partial charge is 0.478 e. The highest BCUT2D eigenvalue weighted by Gasteiger charge is 2.18. The van der Waals surface area contributed by atoms with E-state index in [1.807, 2.05) is 6.20 Å². The van der Waals surface area contributed by atoms with Gasteiger partial charge >= 0.3 is 0 Å².